The number of aromatic nitrogens is 2. The fourth-order valence-electron chi connectivity index (χ4n) is 2.48. The van der Waals surface area contributed by atoms with E-state index in [-0.39, 0.29) is 5.24 Å². The van der Waals surface area contributed by atoms with Gasteiger partial charge in [-0.05, 0) is 12.8 Å². The smallest absolute Gasteiger partial charge is 0.282 e. The van der Waals surface area contributed by atoms with E-state index < -0.39 is 5.54 Å². The number of hydrogen-bond donors (Lipinski definition) is 1. The number of nitrogens with two attached hydrogens (primary N) is 1. The second-order valence-electron chi connectivity index (χ2n) is 4.91. The number of rotatable bonds is 3. The van der Waals surface area contributed by atoms with Crippen LogP contribution >= 0.6 is 11.8 Å². The van der Waals surface area contributed by atoms with Gasteiger partial charge < -0.3 is 15.2 Å². The zero-order valence-corrected chi connectivity index (χ0v) is 10.9. The molecule has 3 rings (SSSR count). The van der Waals surface area contributed by atoms with Gasteiger partial charge in [0.2, 0.25) is 5.89 Å². The predicted octanol–water partition coefficient (Wildman–Crippen LogP) is 1.47. The lowest BCUT2D eigenvalue weighted by Gasteiger charge is -2.17. The molecule has 1 aromatic rings. The molecule has 98 valence electrons. The summed E-state index contributed by atoms with van der Waals surface area (Å²) in [4.78, 5) is 17.6. The molecular formula is C11H16N4O2S. The lowest BCUT2D eigenvalue weighted by Crippen LogP contribution is -2.34. The third-order valence-electron chi connectivity index (χ3n) is 3.58. The molecule has 0 unspecified atom stereocenters. The number of hydrogen-bond acceptors (Lipinski definition) is 6. The third kappa shape index (κ3) is 2.12. The van der Waals surface area contributed by atoms with Crippen molar-refractivity contribution in [3.63, 3.8) is 0 Å². The molecule has 7 heteroatoms. The summed E-state index contributed by atoms with van der Waals surface area (Å²) < 4.78 is 5.21. The van der Waals surface area contributed by atoms with Gasteiger partial charge in [0, 0.05) is 12.3 Å². The largest absolute Gasteiger partial charge is 0.337 e. The van der Waals surface area contributed by atoms with Crippen LogP contribution in [0.5, 0.6) is 0 Å². The Labute approximate surface area is 109 Å². The highest BCUT2D eigenvalue weighted by atomic mass is 32.2. The van der Waals surface area contributed by atoms with Crippen LogP contribution in [0.15, 0.2) is 4.52 Å². The van der Waals surface area contributed by atoms with Crippen molar-refractivity contribution in [2.75, 3.05) is 12.3 Å². The molecule has 2 N–H and O–H groups in total. The van der Waals surface area contributed by atoms with Gasteiger partial charge in [-0.3, -0.25) is 4.79 Å². The van der Waals surface area contributed by atoms with Crippen molar-refractivity contribution in [3.8, 4) is 0 Å². The SMILES string of the molecule is NC1(c2noc(CN3CCSC3=O)n2)CCCC1. The van der Waals surface area contributed by atoms with Gasteiger partial charge in [0.1, 0.15) is 6.54 Å². The van der Waals surface area contributed by atoms with Gasteiger partial charge in [0.25, 0.3) is 5.24 Å². The van der Waals surface area contributed by atoms with Crippen LogP contribution in [0.25, 0.3) is 0 Å². The molecular weight excluding hydrogens is 252 g/mol. The summed E-state index contributed by atoms with van der Waals surface area (Å²) in [6, 6.07) is 0. The van der Waals surface area contributed by atoms with E-state index >= 15 is 0 Å². The minimum Gasteiger partial charge on any atom is -0.337 e. The van der Waals surface area contributed by atoms with Gasteiger partial charge in [-0.1, -0.05) is 29.8 Å². The topological polar surface area (TPSA) is 85.2 Å². The number of carbonyl (C=O) groups is 1. The highest BCUT2D eigenvalue weighted by Crippen LogP contribution is 2.34. The molecule has 1 saturated carbocycles. The maximum Gasteiger partial charge on any atom is 0.282 e. The Morgan fingerprint density at radius 3 is 2.89 bits per heavy atom. The summed E-state index contributed by atoms with van der Waals surface area (Å²) in [6.45, 7) is 1.14. The lowest BCUT2D eigenvalue weighted by atomic mass is 9.99. The van der Waals surface area contributed by atoms with Gasteiger partial charge in [0.05, 0.1) is 5.54 Å². The van der Waals surface area contributed by atoms with Crippen molar-refractivity contribution in [1.82, 2.24) is 15.0 Å². The van der Waals surface area contributed by atoms with Crippen LogP contribution in [0, 0.1) is 0 Å². The van der Waals surface area contributed by atoms with Gasteiger partial charge in [-0.15, -0.1) is 0 Å². The van der Waals surface area contributed by atoms with Gasteiger partial charge >= 0.3 is 0 Å². The molecule has 18 heavy (non-hydrogen) atoms. The van der Waals surface area contributed by atoms with E-state index in [1.54, 1.807) is 4.90 Å². The molecule has 0 aromatic carbocycles. The summed E-state index contributed by atoms with van der Waals surface area (Å²) in [5.41, 5.74) is 5.83. The molecule has 1 saturated heterocycles. The van der Waals surface area contributed by atoms with E-state index in [1.807, 2.05) is 0 Å². The van der Waals surface area contributed by atoms with Crippen molar-refractivity contribution in [2.24, 2.45) is 5.73 Å². The summed E-state index contributed by atoms with van der Waals surface area (Å²) >= 11 is 1.33. The van der Waals surface area contributed by atoms with Crippen molar-refractivity contribution in [3.05, 3.63) is 11.7 Å². The first-order valence-corrected chi connectivity index (χ1v) is 7.20. The molecule has 2 fully saturated rings. The van der Waals surface area contributed by atoms with E-state index in [2.05, 4.69) is 10.1 Å². The highest BCUT2D eigenvalue weighted by molar-refractivity contribution is 8.13. The van der Waals surface area contributed by atoms with Crippen LogP contribution in [-0.4, -0.2) is 32.6 Å². The second kappa shape index (κ2) is 4.55. The number of carbonyl (C=O) groups excluding carboxylic acids is 1. The third-order valence-corrected chi connectivity index (χ3v) is 4.47. The van der Waals surface area contributed by atoms with E-state index in [4.69, 9.17) is 10.3 Å². The van der Waals surface area contributed by atoms with E-state index in [9.17, 15) is 4.79 Å². The minimum absolute atomic E-state index is 0.0816. The Morgan fingerprint density at radius 1 is 1.44 bits per heavy atom. The number of nitrogens with zero attached hydrogens (tertiary/aromatic N) is 3. The standard InChI is InChI=1S/C11H16N4O2S/c12-11(3-1-2-4-11)9-13-8(17-14-9)7-15-5-6-18-10(15)16/h1-7,12H2. The first-order valence-electron chi connectivity index (χ1n) is 6.21. The summed E-state index contributed by atoms with van der Waals surface area (Å²) in [5, 5.41) is 4.06. The zero-order valence-electron chi connectivity index (χ0n) is 10.1. The molecule has 2 heterocycles. The molecule has 1 aliphatic carbocycles. The molecule has 0 radical (unpaired) electrons. The minimum atomic E-state index is -0.425. The fourth-order valence-corrected chi connectivity index (χ4v) is 3.31. The Balaban J connectivity index is 1.71. The van der Waals surface area contributed by atoms with Gasteiger partial charge in [-0.2, -0.15) is 4.98 Å². The van der Waals surface area contributed by atoms with Crippen LogP contribution in [-0.2, 0) is 12.1 Å². The number of amides is 1. The Hall–Kier alpha value is -1.08. The van der Waals surface area contributed by atoms with E-state index in [0.717, 1.165) is 38.0 Å². The molecule has 0 bridgehead atoms. The summed E-state index contributed by atoms with van der Waals surface area (Å²) in [7, 11) is 0. The van der Waals surface area contributed by atoms with Gasteiger partial charge in [0.15, 0.2) is 5.82 Å². The maximum absolute atomic E-state index is 11.5. The molecule has 1 aromatic heterocycles. The van der Waals surface area contributed by atoms with Crippen LogP contribution in [0.3, 0.4) is 0 Å². The van der Waals surface area contributed by atoms with Crippen LogP contribution in [0.1, 0.15) is 37.4 Å². The predicted molar refractivity (Wildman–Crippen MR) is 66.9 cm³/mol. The Morgan fingerprint density at radius 2 is 2.22 bits per heavy atom. The molecule has 0 atom stereocenters. The molecule has 1 aliphatic heterocycles. The Bertz CT molecular complexity index is 456. The lowest BCUT2D eigenvalue weighted by molar-refractivity contribution is 0.218. The average Bonchev–Trinajstić information content (AvgIpc) is 3.03. The summed E-state index contributed by atoms with van der Waals surface area (Å²) in [6.07, 6.45) is 4.04. The molecule has 6 nitrogen and oxygen atoms in total. The monoisotopic (exact) mass is 268 g/mol. The first-order chi connectivity index (χ1) is 8.67. The molecule has 1 amide bonds. The fraction of sp³-hybridized carbons (Fsp3) is 0.727. The highest BCUT2D eigenvalue weighted by Gasteiger charge is 2.36. The van der Waals surface area contributed by atoms with Crippen LogP contribution in [0.2, 0.25) is 0 Å². The Kier molecular flexibility index (Phi) is 3.03. The van der Waals surface area contributed by atoms with Crippen LogP contribution in [0.4, 0.5) is 4.79 Å². The van der Waals surface area contributed by atoms with E-state index in [0.29, 0.717) is 18.3 Å². The van der Waals surface area contributed by atoms with Crippen molar-refractivity contribution in [1.29, 1.82) is 0 Å². The quantitative estimate of drug-likeness (QED) is 0.893. The van der Waals surface area contributed by atoms with Crippen LogP contribution < -0.4 is 5.73 Å². The molecule has 0 spiro atoms. The average molecular weight is 268 g/mol. The first kappa shape index (κ1) is 12.0. The maximum atomic E-state index is 11.5. The zero-order chi connectivity index (χ0) is 12.6. The number of thioether (sulfide) groups is 1. The van der Waals surface area contributed by atoms with E-state index in [1.165, 1.54) is 11.8 Å². The molecule has 2 aliphatic rings. The summed E-state index contributed by atoms with van der Waals surface area (Å²) in [5.74, 6) is 1.91. The van der Waals surface area contributed by atoms with Crippen molar-refractivity contribution >= 4 is 17.0 Å². The van der Waals surface area contributed by atoms with Crippen molar-refractivity contribution < 1.29 is 9.32 Å². The van der Waals surface area contributed by atoms with Crippen molar-refractivity contribution in [2.45, 2.75) is 37.8 Å². The van der Waals surface area contributed by atoms with Gasteiger partial charge in [-0.25, -0.2) is 0 Å². The second-order valence-corrected chi connectivity index (χ2v) is 5.96. The normalized spacial score (nSPS) is 22.9.